The smallest absolute Gasteiger partial charge is 0.234 e. The Kier molecular flexibility index (Phi) is 3.71. The number of hydrogen-bond donors (Lipinski definition) is 1. The second kappa shape index (κ2) is 3.90. The summed E-state index contributed by atoms with van der Waals surface area (Å²) in [5, 5.41) is 0. The average Bonchev–Trinajstić information content (AvgIpc) is 1.82. The minimum absolute atomic E-state index is 0.177. The number of rotatable bonds is 3. The van der Waals surface area contributed by atoms with Crippen LogP contribution in [-0.2, 0) is 4.79 Å². The van der Waals surface area contributed by atoms with Crippen LogP contribution in [0, 0.1) is 5.41 Å². The molecule has 0 aliphatic carbocycles. The molecule has 0 aromatic rings. The van der Waals surface area contributed by atoms with Crippen LogP contribution in [0.1, 0.15) is 27.7 Å². The maximum absolute atomic E-state index is 10.8. The van der Waals surface area contributed by atoms with Crippen LogP contribution in [-0.4, -0.2) is 30.4 Å². The van der Waals surface area contributed by atoms with E-state index >= 15 is 0 Å². The van der Waals surface area contributed by atoms with Crippen molar-refractivity contribution in [3.63, 3.8) is 0 Å². The first-order chi connectivity index (χ1) is 5.24. The van der Waals surface area contributed by atoms with Crippen LogP contribution in [0.5, 0.6) is 0 Å². The third-order valence-electron chi connectivity index (χ3n) is 1.80. The van der Waals surface area contributed by atoms with Crippen molar-refractivity contribution in [1.82, 2.24) is 4.90 Å². The zero-order chi connectivity index (χ0) is 9.94. The summed E-state index contributed by atoms with van der Waals surface area (Å²) in [6.07, 6.45) is 0. The molecule has 2 N–H and O–H groups in total. The Bertz CT molecular complexity index is 160. The van der Waals surface area contributed by atoms with Crippen LogP contribution in [0.3, 0.4) is 0 Å². The SMILES string of the molecule is CC(C(N)=O)N(C)CC(C)(C)C. The minimum atomic E-state index is -0.262. The summed E-state index contributed by atoms with van der Waals surface area (Å²) >= 11 is 0. The number of amides is 1. The molecule has 1 unspecified atom stereocenters. The monoisotopic (exact) mass is 172 g/mol. The molecule has 0 aliphatic heterocycles. The number of carbonyl (C=O) groups is 1. The summed E-state index contributed by atoms with van der Waals surface area (Å²) < 4.78 is 0. The number of nitrogens with zero attached hydrogens (tertiary/aromatic N) is 1. The van der Waals surface area contributed by atoms with Crippen molar-refractivity contribution in [3.8, 4) is 0 Å². The lowest BCUT2D eigenvalue weighted by Gasteiger charge is -2.29. The number of primary amides is 1. The number of likely N-dealkylation sites (N-methyl/N-ethyl adjacent to an activating group) is 1. The van der Waals surface area contributed by atoms with Crippen LogP contribution < -0.4 is 5.73 Å². The van der Waals surface area contributed by atoms with Gasteiger partial charge in [-0.3, -0.25) is 9.69 Å². The maximum Gasteiger partial charge on any atom is 0.234 e. The normalized spacial score (nSPS) is 14.8. The second-order valence-electron chi connectivity index (χ2n) is 4.55. The van der Waals surface area contributed by atoms with Crippen LogP contribution in [0.15, 0.2) is 0 Å². The molecule has 0 spiro atoms. The van der Waals surface area contributed by atoms with Gasteiger partial charge in [0.2, 0.25) is 5.91 Å². The average molecular weight is 172 g/mol. The van der Waals surface area contributed by atoms with Gasteiger partial charge in [-0.25, -0.2) is 0 Å². The molecule has 3 heteroatoms. The molecule has 0 heterocycles. The van der Waals surface area contributed by atoms with Crippen LogP contribution in [0.4, 0.5) is 0 Å². The third kappa shape index (κ3) is 4.34. The second-order valence-corrected chi connectivity index (χ2v) is 4.55. The van der Waals surface area contributed by atoms with Gasteiger partial charge in [0, 0.05) is 6.54 Å². The first-order valence-corrected chi connectivity index (χ1v) is 4.23. The number of hydrogen-bond acceptors (Lipinski definition) is 2. The molecule has 1 atom stereocenters. The van der Waals surface area contributed by atoms with Gasteiger partial charge in [-0.15, -0.1) is 0 Å². The lowest BCUT2D eigenvalue weighted by atomic mass is 9.95. The Balaban J connectivity index is 4.04. The predicted octanol–water partition coefficient (Wildman–Crippen LogP) is 0.838. The zero-order valence-electron chi connectivity index (χ0n) is 8.72. The van der Waals surface area contributed by atoms with Crippen molar-refractivity contribution < 1.29 is 4.79 Å². The molecule has 1 amide bonds. The quantitative estimate of drug-likeness (QED) is 0.685. The van der Waals surface area contributed by atoms with Gasteiger partial charge in [0.05, 0.1) is 6.04 Å². The van der Waals surface area contributed by atoms with Crippen LogP contribution in [0.25, 0.3) is 0 Å². The molecule has 0 fully saturated rings. The van der Waals surface area contributed by atoms with Crippen molar-refractivity contribution in [2.45, 2.75) is 33.7 Å². The molecule has 0 aromatic heterocycles. The van der Waals surface area contributed by atoms with Gasteiger partial charge in [0.1, 0.15) is 0 Å². The molecule has 0 saturated carbocycles. The first kappa shape index (κ1) is 11.4. The number of nitrogens with two attached hydrogens (primary N) is 1. The van der Waals surface area contributed by atoms with Gasteiger partial charge in [0.15, 0.2) is 0 Å². The van der Waals surface area contributed by atoms with Gasteiger partial charge < -0.3 is 5.73 Å². The summed E-state index contributed by atoms with van der Waals surface area (Å²) in [6.45, 7) is 9.11. The highest BCUT2D eigenvalue weighted by Crippen LogP contribution is 2.15. The summed E-state index contributed by atoms with van der Waals surface area (Å²) in [5.74, 6) is -0.262. The zero-order valence-corrected chi connectivity index (χ0v) is 8.72. The molecule has 72 valence electrons. The van der Waals surface area contributed by atoms with E-state index in [1.807, 2.05) is 18.9 Å². The largest absolute Gasteiger partial charge is 0.368 e. The third-order valence-corrected chi connectivity index (χ3v) is 1.80. The van der Waals surface area contributed by atoms with Gasteiger partial charge in [-0.2, -0.15) is 0 Å². The standard InChI is InChI=1S/C9H20N2O/c1-7(8(10)12)11(5)6-9(2,3)4/h7H,6H2,1-5H3,(H2,10,12). The summed E-state index contributed by atoms with van der Waals surface area (Å²) in [7, 11) is 1.92. The topological polar surface area (TPSA) is 46.3 Å². The van der Waals surface area contributed by atoms with Crippen LogP contribution >= 0.6 is 0 Å². The predicted molar refractivity (Wildman–Crippen MR) is 50.7 cm³/mol. The van der Waals surface area contributed by atoms with E-state index in [1.165, 1.54) is 0 Å². The minimum Gasteiger partial charge on any atom is -0.368 e. The highest BCUT2D eigenvalue weighted by molar-refractivity contribution is 5.79. The summed E-state index contributed by atoms with van der Waals surface area (Å²) in [4.78, 5) is 12.8. The van der Waals surface area contributed by atoms with E-state index in [-0.39, 0.29) is 17.4 Å². The Hall–Kier alpha value is -0.570. The van der Waals surface area contributed by atoms with E-state index in [4.69, 9.17) is 5.73 Å². The van der Waals surface area contributed by atoms with E-state index in [1.54, 1.807) is 0 Å². The molecular weight excluding hydrogens is 152 g/mol. The molecule has 0 saturated heterocycles. The highest BCUT2D eigenvalue weighted by Gasteiger charge is 2.20. The molecule has 0 aromatic carbocycles. The molecule has 12 heavy (non-hydrogen) atoms. The van der Waals surface area contributed by atoms with E-state index in [9.17, 15) is 4.79 Å². The Morgan fingerprint density at radius 1 is 1.50 bits per heavy atom. The summed E-state index contributed by atoms with van der Waals surface area (Å²) in [5.41, 5.74) is 5.38. The number of carbonyl (C=O) groups excluding carboxylic acids is 1. The first-order valence-electron chi connectivity index (χ1n) is 4.23. The lowest BCUT2D eigenvalue weighted by molar-refractivity contribution is -0.122. The fourth-order valence-corrected chi connectivity index (χ4v) is 1.10. The van der Waals surface area contributed by atoms with Crippen molar-refractivity contribution in [2.24, 2.45) is 11.1 Å². The van der Waals surface area contributed by atoms with Crippen molar-refractivity contribution in [2.75, 3.05) is 13.6 Å². The molecule has 0 radical (unpaired) electrons. The van der Waals surface area contributed by atoms with Crippen molar-refractivity contribution in [1.29, 1.82) is 0 Å². The highest BCUT2D eigenvalue weighted by atomic mass is 16.1. The fraction of sp³-hybridized carbons (Fsp3) is 0.889. The molecule has 0 bridgehead atoms. The summed E-state index contributed by atoms with van der Waals surface area (Å²) in [6, 6.07) is -0.177. The van der Waals surface area contributed by atoms with Crippen molar-refractivity contribution in [3.05, 3.63) is 0 Å². The van der Waals surface area contributed by atoms with E-state index in [0.717, 1.165) is 6.54 Å². The van der Waals surface area contributed by atoms with E-state index < -0.39 is 0 Å². The van der Waals surface area contributed by atoms with E-state index in [2.05, 4.69) is 20.8 Å². The molecule has 3 nitrogen and oxygen atoms in total. The van der Waals surface area contributed by atoms with Gasteiger partial charge in [-0.1, -0.05) is 20.8 Å². The Morgan fingerprint density at radius 2 is 1.92 bits per heavy atom. The Morgan fingerprint density at radius 3 is 2.17 bits per heavy atom. The molecule has 0 aliphatic rings. The molecule has 0 rings (SSSR count). The van der Waals surface area contributed by atoms with Gasteiger partial charge >= 0.3 is 0 Å². The Labute approximate surface area is 74.9 Å². The maximum atomic E-state index is 10.8. The van der Waals surface area contributed by atoms with Crippen LogP contribution in [0.2, 0.25) is 0 Å². The molecular formula is C9H20N2O. The van der Waals surface area contributed by atoms with Gasteiger partial charge in [-0.05, 0) is 19.4 Å². The van der Waals surface area contributed by atoms with Gasteiger partial charge in [0.25, 0.3) is 0 Å². The van der Waals surface area contributed by atoms with E-state index in [0.29, 0.717) is 0 Å². The van der Waals surface area contributed by atoms with Crippen molar-refractivity contribution >= 4 is 5.91 Å². The lowest BCUT2D eigenvalue weighted by Crippen LogP contribution is -2.43. The fourth-order valence-electron chi connectivity index (χ4n) is 1.10.